The number of methoxy groups -OCH3 is 2. The lowest BCUT2D eigenvalue weighted by atomic mass is 10.0. The summed E-state index contributed by atoms with van der Waals surface area (Å²) in [5.74, 6) is 1.82. The molecule has 1 aromatic heterocycles. The van der Waals surface area contributed by atoms with Gasteiger partial charge in [-0.15, -0.1) is 0 Å². The maximum absolute atomic E-state index is 12.7. The van der Waals surface area contributed by atoms with Crippen LogP contribution in [-0.4, -0.2) is 49.2 Å². The van der Waals surface area contributed by atoms with Gasteiger partial charge in [0.15, 0.2) is 0 Å². The normalized spacial score (nSPS) is 14.7. The van der Waals surface area contributed by atoms with Crippen molar-refractivity contribution in [2.75, 3.05) is 27.3 Å². The van der Waals surface area contributed by atoms with Crippen molar-refractivity contribution in [3.63, 3.8) is 0 Å². The van der Waals surface area contributed by atoms with Crippen LogP contribution in [0, 0.1) is 6.92 Å². The number of rotatable bonds is 6. The molecule has 1 amide bonds. The lowest BCUT2D eigenvalue weighted by Crippen LogP contribution is -2.42. The Hall–Kier alpha value is -2.80. The predicted molar refractivity (Wildman–Crippen MR) is 118 cm³/mol. The first-order chi connectivity index (χ1) is 14.6. The van der Waals surface area contributed by atoms with Crippen LogP contribution in [0.4, 0.5) is 0 Å². The van der Waals surface area contributed by atoms with Crippen molar-refractivity contribution in [2.45, 2.75) is 32.3 Å². The van der Waals surface area contributed by atoms with E-state index < -0.39 is 0 Å². The molecule has 3 aromatic rings. The molecule has 1 saturated heterocycles. The first-order valence-electron chi connectivity index (χ1n) is 10.1. The summed E-state index contributed by atoms with van der Waals surface area (Å²) in [7, 11) is 3.31. The van der Waals surface area contributed by atoms with Gasteiger partial charge in [-0.25, -0.2) is 4.98 Å². The minimum atomic E-state index is 0.0831. The molecule has 6 nitrogen and oxygen atoms in total. The first-order valence-corrected chi connectivity index (χ1v) is 10.9. The van der Waals surface area contributed by atoms with Crippen LogP contribution >= 0.6 is 11.3 Å². The van der Waals surface area contributed by atoms with Crippen molar-refractivity contribution >= 4 is 27.5 Å². The number of piperidine rings is 1. The summed E-state index contributed by atoms with van der Waals surface area (Å²) >= 11 is 1.53. The molecule has 0 bridgehead atoms. The summed E-state index contributed by atoms with van der Waals surface area (Å²) < 4.78 is 17.7. The zero-order chi connectivity index (χ0) is 21.1. The Morgan fingerprint density at radius 2 is 1.93 bits per heavy atom. The van der Waals surface area contributed by atoms with E-state index >= 15 is 0 Å². The van der Waals surface area contributed by atoms with Crippen LogP contribution in [0.15, 0.2) is 36.4 Å². The van der Waals surface area contributed by atoms with Gasteiger partial charge in [0.25, 0.3) is 5.19 Å². The van der Waals surface area contributed by atoms with Gasteiger partial charge in [-0.1, -0.05) is 23.5 Å². The smallest absolute Gasteiger partial charge is 0.274 e. The molecule has 1 fully saturated rings. The van der Waals surface area contributed by atoms with E-state index in [9.17, 15) is 4.79 Å². The lowest BCUT2D eigenvalue weighted by molar-refractivity contribution is -0.132. The second-order valence-electron chi connectivity index (χ2n) is 7.49. The quantitative estimate of drug-likeness (QED) is 0.590. The van der Waals surface area contributed by atoms with E-state index in [1.165, 1.54) is 11.3 Å². The second-order valence-corrected chi connectivity index (χ2v) is 8.49. The number of hydrogen-bond donors (Lipinski definition) is 0. The van der Waals surface area contributed by atoms with Crippen LogP contribution in [0.3, 0.4) is 0 Å². The van der Waals surface area contributed by atoms with Crippen molar-refractivity contribution in [3.05, 3.63) is 47.5 Å². The Labute approximate surface area is 180 Å². The van der Waals surface area contributed by atoms with E-state index in [4.69, 9.17) is 14.2 Å². The molecule has 7 heteroatoms. The van der Waals surface area contributed by atoms with E-state index in [2.05, 4.69) is 4.98 Å². The Bertz CT molecular complexity index is 1040. The number of ether oxygens (including phenoxy) is 3. The number of aryl methyl sites for hydroxylation is 1. The number of hydrogen-bond acceptors (Lipinski definition) is 6. The monoisotopic (exact) mass is 426 g/mol. The van der Waals surface area contributed by atoms with Gasteiger partial charge in [-0.05, 0) is 42.3 Å². The van der Waals surface area contributed by atoms with E-state index in [-0.39, 0.29) is 12.0 Å². The lowest BCUT2D eigenvalue weighted by Gasteiger charge is -2.31. The average molecular weight is 427 g/mol. The van der Waals surface area contributed by atoms with Gasteiger partial charge in [-0.3, -0.25) is 4.79 Å². The highest BCUT2D eigenvalue weighted by atomic mass is 32.1. The van der Waals surface area contributed by atoms with Crippen molar-refractivity contribution in [3.8, 4) is 16.7 Å². The molecule has 4 rings (SSSR count). The highest BCUT2D eigenvalue weighted by Crippen LogP contribution is 2.32. The first kappa shape index (κ1) is 20.5. The standard InChI is InChI=1S/C23H26N2O4S/c1-15-12-16(4-7-20(15)28-3)13-22(26)25-10-8-17(9-11-25)29-23-24-19-6-5-18(27-2)14-21(19)30-23/h4-7,12,14,17H,8-11,13H2,1-3H3. The molecule has 1 aliphatic rings. The van der Waals surface area contributed by atoms with Crippen molar-refractivity contribution in [2.24, 2.45) is 0 Å². The second kappa shape index (κ2) is 8.92. The van der Waals surface area contributed by atoms with Crippen molar-refractivity contribution < 1.29 is 19.0 Å². The number of likely N-dealkylation sites (tertiary alicyclic amines) is 1. The van der Waals surface area contributed by atoms with E-state index in [0.29, 0.717) is 24.7 Å². The fourth-order valence-electron chi connectivity index (χ4n) is 3.76. The third-order valence-electron chi connectivity index (χ3n) is 5.45. The Morgan fingerprint density at radius 1 is 1.13 bits per heavy atom. The Morgan fingerprint density at radius 3 is 2.63 bits per heavy atom. The molecule has 2 aromatic carbocycles. The molecular weight excluding hydrogens is 400 g/mol. The zero-order valence-corrected chi connectivity index (χ0v) is 18.3. The van der Waals surface area contributed by atoms with Gasteiger partial charge in [0.1, 0.15) is 17.6 Å². The maximum Gasteiger partial charge on any atom is 0.274 e. The van der Waals surface area contributed by atoms with Crippen LogP contribution in [0.5, 0.6) is 16.7 Å². The van der Waals surface area contributed by atoms with Gasteiger partial charge in [0, 0.05) is 25.9 Å². The molecule has 158 valence electrons. The van der Waals surface area contributed by atoms with E-state index in [0.717, 1.165) is 45.7 Å². The number of carbonyl (C=O) groups is 1. The fourth-order valence-corrected chi connectivity index (χ4v) is 4.67. The third-order valence-corrected chi connectivity index (χ3v) is 6.36. The zero-order valence-electron chi connectivity index (χ0n) is 17.5. The summed E-state index contributed by atoms with van der Waals surface area (Å²) in [4.78, 5) is 19.2. The molecule has 0 radical (unpaired) electrons. The summed E-state index contributed by atoms with van der Waals surface area (Å²) in [5.41, 5.74) is 2.98. The van der Waals surface area contributed by atoms with E-state index in [1.54, 1.807) is 14.2 Å². The van der Waals surface area contributed by atoms with Gasteiger partial charge in [-0.2, -0.15) is 0 Å². The average Bonchev–Trinajstić information content (AvgIpc) is 3.15. The number of carbonyl (C=O) groups excluding carboxylic acids is 1. The summed E-state index contributed by atoms with van der Waals surface area (Å²) in [6.07, 6.45) is 2.12. The molecule has 0 unspecified atom stereocenters. The van der Waals surface area contributed by atoms with Crippen LogP contribution in [-0.2, 0) is 11.2 Å². The number of benzene rings is 2. The summed E-state index contributed by atoms with van der Waals surface area (Å²) in [5, 5.41) is 0.678. The highest BCUT2D eigenvalue weighted by Gasteiger charge is 2.25. The summed E-state index contributed by atoms with van der Waals surface area (Å²) in [6.45, 7) is 3.41. The van der Waals surface area contributed by atoms with Crippen LogP contribution in [0.1, 0.15) is 24.0 Å². The van der Waals surface area contributed by atoms with Crippen LogP contribution < -0.4 is 14.2 Å². The van der Waals surface area contributed by atoms with Gasteiger partial charge < -0.3 is 19.1 Å². The van der Waals surface area contributed by atoms with Crippen LogP contribution in [0.25, 0.3) is 10.2 Å². The third kappa shape index (κ3) is 4.51. The molecule has 0 atom stereocenters. The SMILES string of the molecule is COc1ccc2nc(OC3CCN(C(=O)Cc4ccc(OC)c(C)c4)CC3)sc2c1. The number of nitrogens with zero attached hydrogens (tertiary/aromatic N) is 2. The summed E-state index contributed by atoms with van der Waals surface area (Å²) in [6, 6.07) is 11.7. The number of thiazole rings is 1. The highest BCUT2D eigenvalue weighted by molar-refractivity contribution is 7.20. The van der Waals surface area contributed by atoms with Gasteiger partial charge in [0.05, 0.1) is 30.9 Å². The maximum atomic E-state index is 12.7. The van der Waals surface area contributed by atoms with Crippen molar-refractivity contribution in [1.29, 1.82) is 0 Å². The molecule has 0 saturated carbocycles. The molecule has 1 aliphatic heterocycles. The Kier molecular flexibility index (Phi) is 6.08. The molecule has 0 spiro atoms. The molecule has 30 heavy (non-hydrogen) atoms. The van der Waals surface area contributed by atoms with Gasteiger partial charge >= 0.3 is 0 Å². The Balaban J connectivity index is 1.31. The fraction of sp³-hybridized carbons (Fsp3) is 0.391. The molecule has 0 N–H and O–H groups in total. The number of aromatic nitrogens is 1. The molecular formula is C23H26N2O4S. The topological polar surface area (TPSA) is 60.9 Å². The largest absolute Gasteiger partial charge is 0.497 e. The molecule has 2 heterocycles. The predicted octanol–water partition coefficient (Wildman–Crippen LogP) is 4.23. The minimum Gasteiger partial charge on any atom is -0.497 e. The minimum absolute atomic E-state index is 0.0831. The number of fused-ring (bicyclic) bond motifs is 1. The van der Waals surface area contributed by atoms with Gasteiger partial charge in [0.2, 0.25) is 5.91 Å². The molecule has 0 aliphatic carbocycles. The van der Waals surface area contributed by atoms with E-state index in [1.807, 2.05) is 48.2 Å². The number of amides is 1. The van der Waals surface area contributed by atoms with Crippen LogP contribution in [0.2, 0.25) is 0 Å². The van der Waals surface area contributed by atoms with Crippen molar-refractivity contribution in [1.82, 2.24) is 9.88 Å².